The molecule has 2 rings (SSSR count). The van der Waals surface area contributed by atoms with Gasteiger partial charge in [0.05, 0.1) is 0 Å². The maximum atomic E-state index is 11.2. The molecule has 0 radical (unpaired) electrons. The Balaban J connectivity index is 1.62. The third kappa shape index (κ3) is 6.38. The zero-order valence-electron chi connectivity index (χ0n) is 15.4. The molecule has 1 saturated heterocycles. The Kier molecular flexibility index (Phi) is 7.25. The third-order valence-electron chi connectivity index (χ3n) is 4.93. The van der Waals surface area contributed by atoms with Crippen LogP contribution in [-0.2, 0) is 4.79 Å². The molecule has 1 heterocycles. The minimum Gasteiger partial charge on any atom is -0.370 e. The SMILES string of the molecule is Cc1ccc(NC(N)=NCCCCN2CCC(C(N)=O)CC2)cc1C. The van der Waals surface area contributed by atoms with Crippen molar-refractivity contribution < 1.29 is 4.79 Å². The monoisotopic (exact) mass is 345 g/mol. The molecule has 25 heavy (non-hydrogen) atoms. The number of rotatable bonds is 7. The summed E-state index contributed by atoms with van der Waals surface area (Å²) >= 11 is 0. The van der Waals surface area contributed by atoms with Gasteiger partial charge in [0.25, 0.3) is 0 Å². The number of likely N-dealkylation sites (tertiary alicyclic amines) is 1. The van der Waals surface area contributed by atoms with E-state index in [0.717, 1.165) is 57.5 Å². The zero-order chi connectivity index (χ0) is 18.2. The molecule has 1 aromatic carbocycles. The summed E-state index contributed by atoms with van der Waals surface area (Å²) < 4.78 is 0. The van der Waals surface area contributed by atoms with E-state index < -0.39 is 0 Å². The van der Waals surface area contributed by atoms with Crippen LogP contribution in [0.5, 0.6) is 0 Å². The van der Waals surface area contributed by atoms with Gasteiger partial charge in [-0.15, -0.1) is 0 Å². The smallest absolute Gasteiger partial charge is 0.220 e. The first-order valence-electron chi connectivity index (χ1n) is 9.11. The van der Waals surface area contributed by atoms with E-state index in [1.165, 1.54) is 11.1 Å². The number of hydrogen-bond acceptors (Lipinski definition) is 3. The van der Waals surface area contributed by atoms with Crippen LogP contribution in [0.4, 0.5) is 5.69 Å². The highest BCUT2D eigenvalue weighted by Gasteiger charge is 2.22. The molecule has 0 aromatic heterocycles. The van der Waals surface area contributed by atoms with Crippen LogP contribution >= 0.6 is 0 Å². The van der Waals surface area contributed by atoms with Gasteiger partial charge in [-0.2, -0.15) is 0 Å². The summed E-state index contributed by atoms with van der Waals surface area (Å²) in [4.78, 5) is 18.0. The fraction of sp³-hybridized carbons (Fsp3) is 0.579. The van der Waals surface area contributed by atoms with Gasteiger partial charge in [-0.1, -0.05) is 6.07 Å². The van der Waals surface area contributed by atoms with Gasteiger partial charge in [0.1, 0.15) is 0 Å². The molecule has 1 aliphatic rings. The van der Waals surface area contributed by atoms with E-state index in [9.17, 15) is 4.79 Å². The van der Waals surface area contributed by atoms with Gasteiger partial charge in [0.15, 0.2) is 5.96 Å². The fourth-order valence-electron chi connectivity index (χ4n) is 3.09. The normalized spacial score (nSPS) is 16.8. The quantitative estimate of drug-likeness (QED) is 0.400. The summed E-state index contributed by atoms with van der Waals surface area (Å²) in [5.41, 5.74) is 14.8. The number of aryl methyl sites for hydroxylation is 2. The number of carbonyl (C=O) groups is 1. The van der Waals surface area contributed by atoms with Crippen LogP contribution in [0.25, 0.3) is 0 Å². The summed E-state index contributed by atoms with van der Waals surface area (Å²) in [6.45, 7) is 7.88. The highest BCUT2D eigenvalue weighted by Crippen LogP contribution is 2.17. The van der Waals surface area contributed by atoms with E-state index in [-0.39, 0.29) is 11.8 Å². The molecule has 1 aliphatic heterocycles. The number of amides is 1. The number of benzene rings is 1. The Morgan fingerprint density at radius 1 is 1.20 bits per heavy atom. The van der Waals surface area contributed by atoms with Gasteiger partial charge in [0.2, 0.25) is 5.91 Å². The number of anilines is 1. The van der Waals surface area contributed by atoms with Gasteiger partial charge >= 0.3 is 0 Å². The first-order chi connectivity index (χ1) is 12.0. The maximum Gasteiger partial charge on any atom is 0.220 e. The van der Waals surface area contributed by atoms with Gasteiger partial charge in [0, 0.05) is 18.2 Å². The molecule has 138 valence electrons. The lowest BCUT2D eigenvalue weighted by molar-refractivity contribution is -0.123. The summed E-state index contributed by atoms with van der Waals surface area (Å²) in [5, 5.41) is 3.14. The summed E-state index contributed by atoms with van der Waals surface area (Å²) in [5.74, 6) is 0.378. The molecule has 1 aromatic rings. The zero-order valence-corrected chi connectivity index (χ0v) is 15.4. The molecule has 1 amide bonds. The van der Waals surface area contributed by atoms with E-state index in [2.05, 4.69) is 41.2 Å². The Morgan fingerprint density at radius 2 is 1.92 bits per heavy atom. The molecular weight excluding hydrogens is 314 g/mol. The molecule has 5 N–H and O–H groups in total. The summed E-state index contributed by atoms with van der Waals surface area (Å²) in [6, 6.07) is 6.17. The summed E-state index contributed by atoms with van der Waals surface area (Å²) in [6.07, 6.45) is 3.87. The lowest BCUT2D eigenvalue weighted by Gasteiger charge is -2.30. The average Bonchev–Trinajstić information content (AvgIpc) is 2.58. The molecule has 0 saturated carbocycles. The Labute approximate surface area is 150 Å². The first-order valence-corrected chi connectivity index (χ1v) is 9.11. The van der Waals surface area contributed by atoms with Gasteiger partial charge in [-0.05, 0) is 82.4 Å². The Bertz CT molecular complexity index is 606. The van der Waals surface area contributed by atoms with Gasteiger partial charge < -0.3 is 21.7 Å². The lowest BCUT2D eigenvalue weighted by Crippen LogP contribution is -2.38. The largest absolute Gasteiger partial charge is 0.370 e. The molecule has 0 atom stereocenters. The molecule has 6 nitrogen and oxygen atoms in total. The van der Waals surface area contributed by atoms with Crippen molar-refractivity contribution in [3.63, 3.8) is 0 Å². The Morgan fingerprint density at radius 3 is 2.56 bits per heavy atom. The second-order valence-electron chi connectivity index (χ2n) is 6.92. The number of guanidine groups is 1. The summed E-state index contributed by atoms with van der Waals surface area (Å²) in [7, 11) is 0. The van der Waals surface area contributed by atoms with E-state index in [1.807, 2.05) is 6.07 Å². The van der Waals surface area contributed by atoms with Crippen LogP contribution in [-0.4, -0.2) is 42.9 Å². The number of hydrogen-bond donors (Lipinski definition) is 3. The van der Waals surface area contributed by atoms with E-state index in [1.54, 1.807) is 0 Å². The second-order valence-corrected chi connectivity index (χ2v) is 6.92. The third-order valence-corrected chi connectivity index (χ3v) is 4.93. The van der Waals surface area contributed by atoms with Crippen LogP contribution in [0.1, 0.15) is 36.8 Å². The highest BCUT2D eigenvalue weighted by molar-refractivity contribution is 5.92. The van der Waals surface area contributed by atoms with Crippen molar-refractivity contribution in [3.05, 3.63) is 29.3 Å². The van der Waals surface area contributed by atoms with Crippen molar-refractivity contribution in [2.75, 3.05) is 31.5 Å². The van der Waals surface area contributed by atoms with E-state index in [0.29, 0.717) is 5.96 Å². The number of nitrogens with two attached hydrogens (primary N) is 2. The van der Waals surface area contributed by atoms with Crippen molar-refractivity contribution in [3.8, 4) is 0 Å². The van der Waals surface area contributed by atoms with Gasteiger partial charge in [-0.25, -0.2) is 0 Å². The molecule has 0 unspecified atom stereocenters. The highest BCUT2D eigenvalue weighted by atomic mass is 16.1. The topological polar surface area (TPSA) is 96.7 Å². The number of unbranched alkanes of at least 4 members (excludes halogenated alkanes) is 1. The van der Waals surface area contributed by atoms with Crippen LogP contribution < -0.4 is 16.8 Å². The van der Waals surface area contributed by atoms with Crippen molar-refractivity contribution in [1.82, 2.24) is 4.90 Å². The number of carbonyl (C=O) groups excluding carboxylic acids is 1. The molecule has 0 bridgehead atoms. The van der Waals surface area contributed by atoms with Crippen molar-refractivity contribution in [2.24, 2.45) is 22.4 Å². The molecule has 6 heteroatoms. The average molecular weight is 345 g/mol. The molecule has 0 spiro atoms. The number of aliphatic imine (C=N–C) groups is 1. The van der Waals surface area contributed by atoms with Crippen LogP contribution in [0, 0.1) is 19.8 Å². The van der Waals surface area contributed by atoms with Gasteiger partial charge in [-0.3, -0.25) is 9.79 Å². The van der Waals surface area contributed by atoms with E-state index >= 15 is 0 Å². The minimum atomic E-state index is -0.152. The molecular formula is C19H31N5O. The first kappa shape index (κ1) is 19.2. The molecule has 0 aliphatic carbocycles. The van der Waals surface area contributed by atoms with Crippen LogP contribution in [0.15, 0.2) is 23.2 Å². The number of piperidine rings is 1. The van der Waals surface area contributed by atoms with E-state index in [4.69, 9.17) is 11.5 Å². The number of primary amides is 1. The standard InChI is InChI=1S/C19H31N5O/c1-14-5-6-17(13-15(14)2)23-19(21)22-9-3-4-10-24-11-7-16(8-12-24)18(20)25/h5-6,13,16H,3-4,7-12H2,1-2H3,(H2,20,25)(H3,21,22,23). The number of nitrogens with zero attached hydrogens (tertiary/aromatic N) is 2. The number of nitrogens with one attached hydrogen (secondary N) is 1. The molecule has 1 fully saturated rings. The van der Waals surface area contributed by atoms with Crippen molar-refractivity contribution in [1.29, 1.82) is 0 Å². The minimum absolute atomic E-state index is 0.0668. The van der Waals surface area contributed by atoms with Crippen molar-refractivity contribution >= 4 is 17.6 Å². The predicted octanol–water partition coefficient (Wildman–Crippen LogP) is 2.01. The Hall–Kier alpha value is -2.08. The maximum absolute atomic E-state index is 11.2. The second kappa shape index (κ2) is 9.42. The lowest BCUT2D eigenvalue weighted by atomic mass is 9.96. The van der Waals surface area contributed by atoms with Crippen LogP contribution in [0.3, 0.4) is 0 Å². The van der Waals surface area contributed by atoms with Crippen molar-refractivity contribution in [2.45, 2.75) is 39.5 Å². The predicted molar refractivity (Wildman–Crippen MR) is 104 cm³/mol. The fourth-order valence-corrected chi connectivity index (χ4v) is 3.09. The van der Waals surface area contributed by atoms with Crippen LogP contribution in [0.2, 0.25) is 0 Å².